The molecule has 0 aromatic heterocycles. The Kier molecular flexibility index (Phi) is 5.88. The Balaban J connectivity index is 1.42. The van der Waals surface area contributed by atoms with Crippen LogP contribution >= 0.6 is 15.9 Å². The summed E-state index contributed by atoms with van der Waals surface area (Å²) in [6.07, 6.45) is 0. The molecule has 2 aromatic carbocycles. The summed E-state index contributed by atoms with van der Waals surface area (Å²) in [5.41, 5.74) is 1.30. The Morgan fingerprint density at radius 3 is 2.29 bits per heavy atom. The first-order chi connectivity index (χ1) is 11.7. The second-order valence-electron chi connectivity index (χ2n) is 5.89. The number of carbonyl (C=O) groups excluding carboxylic acids is 1. The van der Waals surface area contributed by atoms with Gasteiger partial charge in [-0.05, 0) is 29.8 Å². The summed E-state index contributed by atoms with van der Waals surface area (Å²) >= 11 is 3.46. The van der Waals surface area contributed by atoms with E-state index in [0.717, 1.165) is 42.9 Å². The maximum absolute atomic E-state index is 12.3. The van der Waals surface area contributed by atoms with Crippen LogP contribution in [0, 0.1) is 0 Å². The minimum absolute atomic E-state index is 0.0575. The second-order valence-corrected chi connectivity index (χ2v) is 6.80. The Morgan fingerprint density at radius 1 is 0.958 bits per heavy atom. The average molecular weight is 389 g/mol. The molecule has 24 heavy (non-hydrogen) atoms. The van der Waals surface area contributed by atoms with Crippen molar-refractivity contribution in [3.8, 4) is 5.75 Å². The molecule has 0 atom stereocenters. The number of hydrogen-bond donors (Lipinski definition) is 0. The molecule has 1 fully saturated rings. The van der Waals surface area contributed by atoms with Gasteiger partial charge in [0.25, 0.3) is 5.91 Å². The van der Waals surface area contributed by atoms with E-state index in [-0.39, 0.29) is 12.5 Å². The third kappa shape index (κ3) is 4.82. The van der Waals surface area contributed by atoms with Crippen LogP contribution in [0.5, 0.6) is 5.75 Å². The number of ether oxygens (including phenoxy) is 1. The summed E-state index contributed by atoms with van der Waals surface area (Å²) in [7, 11) is 0. The highest BCUT2D eigenvalue weighted by Gasteiger charge is 2.21. The molecule has 1 amide bonds. The number of hydrogen-bond acceptors (Lipinski definition) is 3. The van der Waals surface area contributed by atoms with Gasteiger partial charge in [0.1, 0.15) is 5.75 Å². The number of rotatable bonds is 5. The van der Waals surface area contributed by atoms with Gasteiger partial charge < -0.3 is 9.64 Å². The minimum atomic E-state index is 0.0575. The molecular weight excluding hydrogens is 368 g/mol. The van der Waals surface area contributed by atoms with Gasteiger partial charge in [0.2, 0.25) is 0 Å². The third-order valence-corrected chi connectivity index (χ3v) is 4.68. The quantitative estimate of drug-likeness (QED) is 0.788. The first-order valence-electron chi connectivity index (χ1n) is 8.13. The molecule has 4 nitrogen and oxygen atoms in total. The first-order valence-corrected chi connectivity index (χ1v) is 8.92. The lowest BCUT2D eigenvalue weighted by Crippen LogP contribution is -2.49. The number of carbonyl (C=O) groups is 1. The zero-order valence-corrected chi connectivity index (χ0v) is 15.1. The smallest absolute Gasteiger partial charge is 0.260 e. The maximum atomic E-state index is 12.3. The van der Waals surface area contributed by atoms with Crippen LogP contribution in [0.25, 0.3) is 0 Å². The van der Waals surface area contributed by atoms with Crippen molar-refractivity contribution in [3.63, 3.8) is 0 Å². The number of benzene rings is 2. The highest BCUT2D eigenvalue weighted by Crippen LogP contribution is 2.14. The molecule has 0 unspecified atom stereocenters. The summed E-state index contributed by atoms with van der Waals surface area (Å²) in [6.45, 7) is 4.34. The molecule has 1 heterocycles. The molecular formula is C19H21BrN2O2. The van der Waals surface area contributed by atoms with E-state index in [1.807, 2.05) is 35.2 Å². The maximum Gasteiger partial charge on any atom is 0.260 e. The lowest BCUT2D eigenvalue weighted by Gasteiger charge is -2.34. The zero-order valence-electron chi connectivity index (χ0n) is 13.5. The van der Waals surface area contributed by atoms with E-state index in [4.69, 9.17) is 4.74 Å². The average Bonchev–Trinajstić information content (AvgIpc) is 2.63. The van der Waals surface area contributed by atoms with Crippen LogP contribution in [0.1, 0.15) is 5.56 Å². The van der Waals surface area contributed by atoms with Gasteiger partial charge in [-0.15, -0.1) is 0 Å². The van der Waals surface area contributed by atoms with Gasteiger partial charge in [-0.1, -0.05) is 46.3 Å². The van der Waals surface area contributed by atoms with Crippen molar-refractivity contribution in [1.82, 2.24) is 9.80 Å². The molecule has 5 heteroatoms. The van der Waals surface area contributed by atoms with Crippen molar-refractivity contribution in [3.05, 3.63) is 64.6 Å². The van der Waals surface area contributed by atoms with E-state index in [9.17, 15) is 4.79 Å². The molecule has 1 aliphatic rings. The van der Waals surface area contributed by atoms with Gasteiger partial charge in [-0.25, -0.2) is 0 Å². The summed E-state index contributed by atoms with van der Waals surface area (Å²) < 4.78 is 6.64. The van der Waals surface area contributed by atoms with Crippen LogP contribution in [0.4, 0.5) is 0 Å². The Labute approximate surface area is 151 Å². The van der Waals surface area contributed by atoms with Crippen LogP contribution in [0.2, 0.25) is 0 Å². The molecule has 3 rings (SSSR count). The van der Waals surface area contributed by atoms with E-state index >= 15 is 0 Å². The SMILES string of the molecule is O=C(COc1ccccc1)N1CCN(Cc2ccc(Br)cc2)CC1. The predicted molar refractivity (Wildman–Crippen MR) is 97.9 cm³/mol. The summed E-state index contributed by atoms with van der Waals surface area (Å²) in [4.78, 5) is 16.5. The van der Waals surface area contributed by atoms with Crippen molar-refractivity contribution >= 4 is 21.8 Å². The Hall–Kier alpha value is -1.85. The lowest BCUT2D eigenvalue weighted by molar-refractivity contribution is -0.135. The fraction of sp³-hybridized carbons (Fsp3) is 0.316. The molecule has 0 N–H and O–H groups in total. The van der Waals surface area contributed by atoms with Crippen molar-refractivity contribution in [2.45, 2.75) is 6.54 Å². The number of amides is 1. The van der Waals surface area contributed by atoms with Gasteiger partial charge in [-0.3, -0.25) is 9.69 Å². The van der Waals surface area contributed by atoms with E-state index in [2.05, 4.69) is 45.1 Å². The van der Waals surface area contributed by atoms with Gasteiger partial charge in [0.05, 0.1) is 0 Å². The van der Waals surface area contributed by atoms with Gasteiger partial charge in [-0.2, -0.15) is 0 Å². The van der Waals surface area contributed by atoms with Gasteiger partial charge in [0, 0.05) is 37.2 Å². The Bertz CT molecular complexity index is 653. The van der Waals surface area contributed by atoms with Crippen molar-refractivity contribution < 1.29 is 9.53 Å². The van der Waals surface area contributed by atoms with Gasteiger partial charge >= 0.3 is 0 Å². The van der Waals surface area contributed by atoms with Crippen LogP contribution < -0.4 is 4.74 Å². The number of para-hydroxylation sites is 1. The molecule has 2 aromatic rings. The van der Waals surface area contributed by atoms with Gasteiger partial charge in [0.15, 0.2) is 6.61 Å². The third-order valence-electron chi connectivity index (χ3n) is 4.15. The lowest BCUT2D eigenvalue weighted by atomic mass is 10.2. The second kappa shape index (κ2) is 8.31. The fourth-order valence-electron chi connectivity index (χ4n) is 2.76. The highest BCUT2D eigenvalue weighted by atomic mass is 79.9. The summed E-state index contributed by atoms with van der Waals surface area (Å²) in [6, 6.07) is 17.9. The zero-order chi connectivity index (χ0) is 16.8. The van der Waals surface area contributed by atoms with Crippen LogP contribution in [0.15, 0.2) is 59.1 Å². The van der Waals surface area contributed by atoms with Crippen LogP contribution in [-0.2, 0) is 11.3 Å². The highest BCUT2D eigenvalue weighted by molar-refractivity contribution is 9.10. The number of halogens is 1. The summed E-state index contributed by atoms with van der Waals surface area (Å²) in [5.74, 6) is 0.793. The molecule has 1 saturated heterocycles. The molecule has 0 aliphatic carbocycles. The standard InChI is InChI=1S/C19H21BrN2O2/c20-17-8-6-16(7-9-17)14-21-10-12-22(13-11-21)19(23)15-24-18-4-2-1-3-5-18/h1-9H,10-15H2. The minimum Gasteiger partial charge on any atom is -0.484 e. The van der Waals surface area contributed by atoms with Crippen LogP contribution in [0.3, 0.4) is 0 Å². The fourth-order valence-corrected chi connectivity index (χ4v) is 3.02. The van der Waals surface area contributed by atoms with E-state index in [1.165, 1.54) is 5.56 Å². The first kappa shape index (κ1) is 17.0. The Morgan fingerprint density at radius 2 is 1.62 bits per heavy atom. The monoisotopic (exact) mass is 388 g/mol. The normalized spacial score (nSPS) is 15.3. The largest absolute Gasteiger partial charge is 0.484 e. The van der Waals surface area contributed by atoms with Crippen molar-refractivity contribution in [2.75, 3.05) is 32.8 Å². The number of nitrogens with zero attached hydrogens (tertiary/aromatic N) is 2. The van der Waals surface area contributed by atoms with Crippen LogP contribution in [-0.4, -0.2) is 48.5 Å². The molecule has 0 radical (unpaired) electrons. The molecule has 1 aliphatic heterocycles. The molecule has 0 bridgehead atoms. The molecule has 0 spiro atoms. The van der Waals surface area contributed by atoms with Crippen molar-refractivity contribution in [1.29, 1.82) is 0 Å². The predicted octanol–water partition coefficient (Wildman–Crippen LogP) is 3.17. The summed E-state index contributed by atoms with van der Waals surface area (Å²) in [5, 5.41) is 0. The van der Waals surface area contributed by atoms with E-state index in [0.29, 0.717) is 0 Å². The number of piperazine rings is 1. The van der Waals surface area contributed by atoms with E-state index < -0.39 is 0 Å². The van der Waals surface area contributed by atoms with E-state index in [1.54, 1.807) is 0 Å². The molecule has 126 valence electrons. The molecule has 0 saturated carbocycles. The topological polar surface area (TPSA) is 32.8 Å². The van der Waals surface area contributed by atoms with Crippen molar-refractivity contribution in [2.24, 2.45) is 0 Å².